The first kappa shape index (κ1) is 16.7. The predicted octanol–water partition coefficient (Wildman–Crippen LogP) is 6.39. The molecule has 0 aliphatic carbocycles. The fourth-order valence-electron chi connectivity index (χ4n) is 2.08. The molecular formula is C21H24. The van der Waals surface area contributed by atoms with E-state index in [1.54, 1.807) is 0 Å². The van der Waals surface area contributed by atoms with Crippen LogP contribution in [-0.4, -0.2) is 0 Å². The average Bonchev–Trinajstić information content (AvgIpc) is 2.53. The Kier molecular flexibility index (Phi) is 6.97. The third-order valence-corrected chi connectivity index (χ3v) is 3.18. The summed E-state index contributed by atoms with van der Waals surface area (Å²) in [7, 11) is 0. The highest BCUT2D eigenvalue weighted by Gasteiger charge is 1.99. The summed E-state index contributed by atoms with van der Waals surface area (Å²) in [5.41, 5.74) is 4.99. The summed E-state index contributed by atoms with van der Waals surface area (Å²) in [6.45, 7) is 4.19. The first-order chi connectivity index (χ1) is 9.81. The maximum atomic E-state index is 2.24. The Balaban J connectivity index is 0.00000220. The number of rotatable bonds is 4. The minimum atomic E-state index is 0. The lowest BCUT2D eigenvalue weighted by Gasteiger charge is -2.06. The summed E-state index contributed by atoms with van der Waals surface area (Å²) in [5, 5.41) is 0. The lowest BCUT2D eigenvalue weighted by Crippen LogP contribution is -1.83. The van der Waals surface area contributed by atoms with E-state index in [0.29, 0.717) is 0 Å². The molecule has 0 heteroatoms. The molecule has 0 radical (unpaired) electrons. The Labute approximate surface area is 129 Å². The molecule has 2 aromatic rings. The van der Waals surface area contributed by atoms with E-state index in [2.05, 4.69) is 79.8 Å². The van der Waals surface area contributed by atoms with Gasteiger partial charge in [0.1, 0.15) is 0 Å². The van der Waals surface area contributed by atoms with E-state index in [9.17, 15) is 0 Å². The van der Waals surface area contributed by atoms with E-state index >= 15 is 0 Å². The third-order valence-electron chi connectivity index (χ3n) is 3.18. The second-order valence-electron chi connectivity index (χ2n) is 4.71. The molecule has 0 heterocycles. The molecule has 0 bridgehead atoms. The summed E-state index contributed by atoms with van der Waals surface area (Å²) in [4.78, 5) is 0. The van der Waals surface area contributed by atoms with Crippen LogP contribution in [0.4, 0.5) is 0 Å². The zero-order valence-corrected chi connectivity index (χ0v) is 12.1. The van der Waals surface area contributed by atoms with Crippen molar-refractivity contribution in [3.05, 3.63) is 96.1 Å². The highest BCUT2D eigenvalue weighted by molar-refractivity contribution is 5.83. The molecule has 0 amide bonds. The van der Waals surface area contributed by atoms with Gasteiger partial charge in [-0.15, -0.1) is 0 Å². The quantitative estimate of drug-likeness (QED) is 0.568. The maximum absolute atomic E-state index is 2.24. The second kappa shape index (κ2) is 8.76. The first-order valence-electron chi connectivity index (χ1n) is 6.93. The smallest absolute Gasteiger partial charge is 0.0181 e. The number of hydrogen-bond donors (Lipinski definition) is 0. The largest absolute Gasteiger partial charge is 0.0876 e. The molecule has 0 atom stereocenters. The van der Waals surface area contributed by atoms with Crippen LogP contribution in [0.5, 0.6) is 0 Å². The summed E-state index contributed by atoms with van der Waals surface area (Å²) in [5.74, 6) is 0. The summed E-state index contributed by atoms with van der Waals surface area (Å²) >= 11 is 0. The van der Waals surface area contributed by atoms with Gasteiger partial charge in [0.05, 0.1) is 0 Å². The van der Waals surface area contributed by atoms with Crippen molar-refractivity contribution in [1.82, 2.24) is 0 Å². The van der Waals surface area contributed by atoms with Crippen molar-refractivity contribution in [1.29, 1.82) is 0 Å². The Morgan fingerprint density at radius 1 is 0.810 bits per heavy atom. The monoisotopic (exact) mass is 276 g/mol. The highest BCUT2D eigenvalue weighted by Crippen LogP contribution is 2.22. The van der Waals surface area contributed by atoms with Crippen molar-refractivity contribution < 1.29 is 0 Å². The summed E-state index contributed by atoms with van der Waals surface area (Å²) < 4.78 is 0. The van der Waals surface area contributed by atoms with Gasteiger partial charge in [-0.25, -0.2) is 0 Å². The van der Waals surface area contributed by atoms with Crippen molar-refractivity contribution in [3.63, 3.8) is 0 Å². The van der Waals surface area contributed by atoms with Gasteiger partial charge in [-0.3, -0.25) is 0 Å². The maximum Gasteiger partial charge on any atom is -0.0181 e. The number of allylic oxidation sites excluding steroid dienone is 6. The van der Waals surface area contributed by atoms with Crippen LogP contribution in [0.1, 0.15) is 32.4 Å². The first-order valence-corrected chi connectivity index (χ1v) is 6.93. The average molecular weight is 276 g/mol. The van der Waals surface area contributed by atoms with Crippen LogP contribution in [0.15, 0.2) is 85.0 Å². The van der Waals surface area contributed by atoms with Crippen LogP contribution >= 0.6 is 0 Å². The Morgan fingerprint density at radius 3 is 1.86 bits per heavy atom. The molecule has 108 valence electrons. The van der Waals surface area contributed by atoms with E-state index in [1.165, 1.54) is 22.3 Å². The lowest BCUT2D eigenvalue weighted by atomic mass is 9.99. The van der Waals surface area contributed by atoms with Gasteiger partial charge in [-0.05, 0) is 36.1 Å². The SMILES string of the molecule is C.C\C=C/C=C(\C=C(/C)c1ccccc1)c1ccccc1. The molecule has 0 aliphatic heterocycles. The molecule has 0 aliphatic rings. The highest BCUT2D eigenvalue weighted by atomic mass is 14.0. The molecule has 21 heavy (non-hydrogen) atoms. The summed E-state index contributed by atoms with van der Waals surface area (Å²) in [6.07, 6.45) is 8.53. The van der Waals surface area contributed by atoms with Crippen LogP contribution in [0, 0.1) is 0 Å². The van der Waals surface area contributed by atoms with Gasteiger partial charge >= 0.3 is 0 Å². The fourth-order valence-corrected chi connectivity index (χ4v) is 2.08. The van der Waals surface area contributed by atoms with E-state index in [4.69, 9.17) is 0 Å². The van der Waals surface area contributed by atoms with E-state index in [-0.39, 0.29) is 7.43 Å². The second-order valence-corrected chi connectivity index (χ2v) is 4.71. The van der Waals surface area contributed by atoms with Gasteiger partial charge in [0.25, 0.3) is 0 Å². The Bertz CT molecular complexity index is 614. The molecule has 0 saturated carbocycles. The van der Waals surface area contributed by atoms with Crippen LogP contribution in [0.2, 0.25) is 0 Å². The van der Waals surface area contributed by atoms with Gasteiger partial charge in [-0.1, -0.05) is 92.4 Å². The van der Waals surface area contributed by atoms with Crippen molar-refractivity contribution in [3.8, 4) is 0 Å². The zero-order valence-electron chi connectivity index (χ0n) is 12.1. The van der Waals surface area contributed by atoms with Gasteiger partial charge in [-0.2, -0.15) is 0 Å². The number of hydrogen-bond acceptors (Lipinski definition) is 0. The van der Waals surface area contributed by atoms with E-state index in [1.807, 2.05) is 19.1 Å². The third kappa shape index (κ3) is 4.92. The van der Waals surface area contributed by atoms with Crippen LogP contribution < -0.4 is 0 Å². The van der Waals surface area contributed by atoms with Crippen molar-refractivity contribution in [2.45, 2.75) is 21.3 Å². The van der Waals surface area contributed by atoms with Crippen LogP contribution in [0.3, 0.4) is 0 Å². The molecule has 0 N–H and O–H groups in total. The lowest BCUT2D eigenvalue weighted by molar-refractivity contribution is 1.55. The molecule has 0 nitrogen and oxygen atoms in total. The van der Waals surface area contributed by atoms with Gasteiger partial charge in [0.2, 0.25) is 0 Å². The van der Waals surface area contributed by atoms with E-state index < -0.39 is 0 Å². The molecule has 0 aromatic heterocycles. The molecule has 0 unspecified atom stereocenters. The fraction of sp³-hybridized carbons (Fsp3) is 0.143. The van der Waals surface area contributed by atoms with Gasteiger partial charge < -0.3 is 0 Å². The van der Waals surface area contributed by atoms with E-state index in [0.717, 1.165) is 0 Å². The molecule has 0 saturated heterocycles. The minimum absolute atomic E-state index is 0. The van der Waals surface area contributed by atoms with Crippen LogP contribution in [-0.2, 0) is 0 Å². The predicted molar refractivity (Wildman–Crippen MR) is 96.1 cm³/mol. The van der Waals surface area contributed by atoms with Crippen molar-refractivity contribution in [2.24, 2.45) is 0 Å². The van der Waals surface area contributed by atoms with Crippen molar-refractivity contribution >= 4 is 11.1 Å². The molecular weight excluding hydrogens is 252 g/mol. The van der Waals surface area contributed by atoms with Crippen molar-refractivity contribution in [2.75, 3.05) is 0 Å². The molecule has 2 rings (SSSR count). The van der Waals surface area contributed by atoms with Gasteiger partial charge in [0, 0.05) is 0 Å². The molecule has 0 fully saturated rings. The normalized spacial score (nSPS) is 12.3. The molecule has 0 spiro atoms. The van der Waals surface area contributed by atoms with Crippen LogP contribution in [0.25, 0.3) is 11.1 Å². The Hall–Kier alpha value is -2.34. The standard InChI is InChI=1S/C20H20.CH4/c1-3-4-11-20(19-14-9-6-10-15-19)16-17(2)18-12-7-5-8-13-18;/h3-16H,1-2H3;1H4/b4-3-,17-16+,20-11+;. The molecule has 2 aromatic carbocycles. The topological polar surface area (TPSA) is 0 Å². The van der Waals surface area contributed by atoms with Gasteiger partial charge in [0.15, 0.2) is 0 Å². The number of benzene rings is 2. The summed E-state index contributed by atoms with van der Waals surface area (Å²) in [6, 6.07) is 21.0. The Morgan fingerprint density at radius 2 is 1.33 bits per heavy atom. The zero-order chi connectivity index (χ0) is 14.2. The minimum Gasteiger partial charge on any atom is -0.0876 e.